The number of carbonyl (C=O) groups is 1. The van der Waals surface area contributed by atoms with Crippen molar-refractivity contribution in [2.45, 2.75) is 57.5 Å². The van der Waals surface area contributed by atoms with Gasteiger partial charge in [0.15, 0.2) is 0 Å². The monoisotopic (exact) mass is 498 g/mol. The first-order valence-electron chi connectivity index (χ1n) is 10.7. The van der Waals surface area contributed by atoms with Crippen molar-refractivity contribution in [2.24, 2.45) is 5.14 Å². The summed E-state index contributed by atoms with van der Waals surface area (Å²) in [4.78, 5) is 17.2. The van der Waals surface area contributed by atoms with Crippen LogP contribution in [-0.2, 0) is 23.8 Å². The average Bonchev–Trinajstić information content (AvgIpc) is 3.24. The molecule has 0 radical (unpaired) electrons. The summed E-state index contributed by atoms with van der Waals surface area (Å²) in [7, 11) is -1.34. The second-order valence-corrected chi connectivity index (χ2v) is 10.0. The summed E-state index contributed by atoms with van der Waals surface area (Å²) in [6.07, 6.45) is 12.3. The number of hydrogen-bond acceptors (Lipinski definition) is 6. The number of aromatic nitrogens is 2. The second-order valence-electron chi connectivity index (χ2n) is 8.13. The van der Waals surface area contributed by atoms with E-state index in [-0.39, 0.29) is 11.5 Å². The molecule has 34 heavy (non-hydrogen) atoms. The molecule has 1 amide bonds. The fourth-order valence-corrected chi connectivity index (χ4v) is 4.17. The molecule has 9 heteroatoms. The Hall–Kier alpha value is -3.06. The van der Waals surface area contributed by atoms with Crippen molar-refractivity contribution < 1.29 is 13.7 Å². The highest BCUT2D eigenvalue weighted by molar-refractivity contribution is 7.82. The molecule has 1 unspecified atom stereocenters. The van der Waals surface area contributed by atoms with Crippen LogP contribution >= 0.6 is 11.5 Å². The lowest BCUT2D eigenvalue weighted by Crippen LogP contribution is -2.33. The van der Waals surface area contributed by atoms with Gasteiger partial charge in [0.25, 0.3) is 5.91 Å². The zero-order chi connectivity index (χ0) is 25.3. The number of hydrogen-bond donors (Lipinski definition) is 2. The molecule has 1 aliphatic rings. The van der Waals surface area contributed by atoms with E-state index in [9.17, 15) is 9.00 Å². The number of nitrogens with zero attached hydrogens (tertiary/aromatic N) is 2. The molecule has 1 atom stereocenters. The van der Waals surface area contributed by atoms with E-state index in [1.165, 1.54) is 17.1 Å². The lowest BCUT2D eigenvalue weighted by Gasteiger charge is -2.31. The molecular weight excluding hydrogens is 468 g/mol. The van der Waals surface area contributed by atoms with E-state index < -0.39 is 11.0 Å². The van der Waals surface area contributed by atoms with Crippen LogP contribution in [0.3, 0.4) is 0 Å². The highest BCUT2D eigenvalue weighted by Gasteiger charge is 2.28. The van der Waals surface area contributed by atoms with Crippen LogP contribution in [0.4, 0.5) is 5.00 Å². The molecule has 2 aromatic heterocycles. The largest absolute Gasteiger partial charge is 0.471 e. The minimum Gasteiger partial charge on any atom is -0.471 e. The first kappa shape index (κ1) is 27.2. The second kappa shape index (κ2) is 12.4. The molecule has 0 aliphatic carbocycles. The fraction of sp³-hybridized carbons (Fsp3) is 0.320. The van der Waals surface area contributed by atoms with Crippen LogP contribution < -0.4 is 15.2 Å². The normalized spacial score (nSPS) is 14.1. The molecule has 0 saturated heterocycles. The van der Waals surface area contributed by atoms with Crippen molar-refractivity contribution in [1.82, 2.24) is 9.36 Å². The third kappa shape index (κ3) is 7.76. The van der Waals surface area contributed by atoms with Crippen LogP contribution in [0, 0.1) is 19.8 Å². The topological polar surface area (TPSA) is 107 Å². The summed E-state index contributed by atoms with van der Waals surface area (Å²) < 4.78 is 20.7. The van der Waals surface area contributed by atoms with Crippen LogP contribution in [0.2, 0.25) is 0 Å². The number of ether oxygens (including phenoxy) is 1. The molecule has 3 heterocycles. The maximum Gasteiger partial charge on any atom is 0.257 e. The van der Waals surface area contributed by atoms with Crippen molar-refractivity contribution in [3.8, 4) is 18.7 Å². The molecule has 0 saturated carbocycles. The summed E-state index contributed by atoms with van der Waals surface area (Å²) in [6, 6.07) is 11.2. The summed E-state index contributed by atoms with van der Waals surface area (Å²) in [5, 5.41) is 8.76. The number of nitrogens with one attached hydrogen (secondary N) is 1. The van der Waals surface area contributed by atoms with Crippen LogP contribution in [0.15, 0.2) is 47.5 Å². The molecule has 3 N–H and O–H groups in total. The van der Waals surface area contributed by atoms with E-state index in [2.05, 4.69) is 34.4 Å². The van der Waals surface area contributed by atoms with Crippen LogP contribution in [0.25, 0.3) is 0 Å². The fourth-order valence-electron chi connectivity index (χ4n) is 3.11. The van der Waals surface area contributed by atoms with Gasteiger partial charge in [-0.1, -0.05) is 19.1 Å². The Labute approximate surface area is 207 Å². The van der Waals surface area contributed by atoms with Crippen LogP contribution in [0.1, 0.15) is 54.4 Å². The van der Waals surface area contributed by atoms with Gasteiger partial charge in [-0.3, -0.25) is 4.79 Å². The number of terminal acetylenes is 1. The maximum atomic E-state index is 12.2. The number of fused-ring (bicyclic) bond motifs is 1. The predicted molar refractivity (Wildman–Crippen MR) is 138 cm³/mol. The first-order valence-corrected chi connectivity index (χ1v) is 12.7. The zero-order valence-corrected chi connectivity index (χ0v) is 21.5. The van der Waals surface area contributed by atoms with Gasteiger partial charge in [-0.15, -0.1) is 12.8 Å². The van der Waals surface area contributed by atoms with Crippen molar-refractivity contribution >= 4 is 33.4 Å². The molecule has 0 bridgehead atoms. The zero-order valence-electron chi connectivity index (χ0n) is 19.8. The Morgan fingerprint density at radius 3 is 2.50 bits per heavy atom. The van der Waals surface area contributed by atoms with E-state index in [4.69, 9.17) is 9.88 Å². The Bertz CT molecular complexity index is 1150. The van der Waals surface area contributed by atoms with Gasteiger partial charge in [-0.05, 0) is 81.4 Å². The first-order chi connectivity index (χ1) is 16.2. The Balaban J connectivity index is 0.000000266. The van der Waals surface area contributed by atoms with Gasteiger partial charge in [0.1, 0.15) is 21.6 Å². The minimum atomic E-state index is -1.34. The van der Waals surface area contributed by atoms with Gasteiger partial charge in [-0.25, -0.2) is 14.3 Å². The molecule has 0 spiro atoms. The number of rotatable bonds is 4. The van der Waals surface area contributed by atoms with E-state index in [0.717, 1.165) is 35.5 Å². The Morgan fingerprint density at radius 1 is 1.26 bits per heavy atom. The molecule has 180 valence electrons. The lowest BCUT2D eigenvalue weighted by molar-refractivity contribution is 0.0782. The van der Waals surface area contributed by atoms with Gasteiger partial charge in [0, 0.05) is 11.8 Å². The molecule has 4 rings (SSSR count). The third-order valence-electron chi connectivity index (χ3n) is 4.99. The maximum absolute atomic E-state index is 12.2. The molecule has 0 fully saturated rings. The van der Waals surface area contributed by atoms with Crippen LogP contribution in [-0.4, -0.2) is 25.1 Å². The number of carbonyl (C=O) groups excluding carboxylic acids is 1. The van der Waals surface area contributed by atoms with E-state index in [1.807, 2.05) is 45.0 Å². The van der Waals surface area contributed by atoms with Gasteiger partial charge < -0.3 is 10.1 Å². The lowest BCUT2D eigenvalue weighted by atomic mass is 9.95. The molecule has 3 aromatic rings. The minimum absolute atomic E-state index is 0.168. The molecular formula is C25H30N4O3S2. The molecule has 1 aromatic carbocycles. The van der Waals surface area contributed by atoms with Crippen molar-refractivity contribution in [1.29, 1.82) is 0 Å². The van der Waals surface area contributed by atoms with Crippen LogP contribution in [0.5, 0.6) is 5.88 Å². The number of benzene rings is 1. The summed E-state index contributed by atoms with van der Waals surface area (Å²) >= 11 is 1.27. The Morgan fingerprint density at radius 2 is 1.94 bits per heavy atom. The third-order valence-corrected chi connectivity index (χ3v) is 6.52. The summed E-state index contributed by atoms with van der Waals surface area (Å²) in [5.41, 5.74) is 3.48. The number of pyridine rings is 1. The van der Waals surface area contributed by atoms with E-state index in [0.29, 0.717) is 16.3 Å². The standard InChI is InChI=1S/C15H17N3O2S.C8H11NOS.C2H2/c1-9-6-12(21-18-9)17-13(19)11-7-10-4-5-15(2,3)20-14(10)16-8-11;1-2-7-3-5-8(6-4-7)11(9)10;1-2/h6-8H,4-5H2,1-3H3,(H,17,19);3-6H,2,9H2,1H3;1-2H. The quantitative estimate of drug-likeness (QED) is 0.508. The summed E-state index contributed by atoms with van der Waals surface area (Å²) in [6.45, 7) is 8.06. The van der Waals surface area contributed by atoms with E-state index >= 15 is 0 Å². The highest BCUT2D eigenvalue weighted by Crippen LogP contribution is 2.31. The van der Waals surface area contributed by atoms with Gasteiger partial charge in [-0.2, -0.15) is 4.37 Å². The van der Waals surface area contributed by atoms with Gasteiger partial charge in [0.05, 0.1) is 16.2 Å². The Kier molecular flexibility index (Phi) is 9.93. The average molecular weight is 499 g/mol. The molecule has 1 aliphatic heterocycles. The number of anilines is 1. The predicted octanol–water partition coefficient (Wildman–Crippen LogP) is 4.68. The molecule has 7 nitrogen and oxygen atoms in total. The number of amides is 1. The van der Waals surface area contributed by atoms with Gasteiger partial charge >= 0.3 is 0 Å². The summed E-state index contributed by atoms with van der Waals surface area (Å²) in [5.74, 6) is 0.468. The number of aryl methyl sites for hydroxylation is 3. The van der Waals surface area contributed by atoms with Crippen molar-refractivity contribution in [2.75, 3.05) is 5.32 Å². The highest BCUT2D eigenvalue weighted by atomic mass is 32.2. The smallest absolute Gasteiger partial charge is 0.257 e. The van der Waals surface area contributed by atoms with Crippen molar-refractivity contribution in [3.63, 3.8) is 0 Å². The SMILES string of the molecule is C#C.CCc1ccc(S(N)=O)cc1.Cc1cc(NC(=O)c2cnc3c(c2)CCC(C)(C)O3)sn1. The van der Waals surface area contributed by atoms with Gasteiger partial charge in [0.2, 0.25) is 5.88 Å². The van der Waals surface area contributed by atoms with Crippen molar-refractivity contribution in [3.05, 3.63) is 65.0 Å². The number of nitrogens with two attached hydrogens (primary N) is 1. The van der Waals surface area contributed by atoms with E-state index in [1.54, 1.807) is 18.3 Å².